The van der Waals surface area contributed by atoms with Crippen molar-refractivity contribution in [3.8, 4) is 0 Å². The van der Waals surface area contributed by atoms with Gasteiger partial charge in [-0.1, -0.05) is 12.6 Å². The average molecular weight is 351 g/mol. The fourth-order valence-corrected chi connectivity index (χ4v) is 2.63. The SMILES string of the molecule is C=C(C(=O)N1CCNC(C(=O)OC)C1)c1ccc(S)c([N+](=O)[O-])c1. The minimum absolute atomic E-state index is 0.122. The fraction of sp³-hybridized carbons (Fsp3) is 0.333. The number of nitro groups is 1. The molecule has 24 heavy (non-hydrogen) atoms. The van der Waals surface area contributed by atoms with E-state index in [-0.39, 0.29) is 28.6 Å². The van der Waals surface area contributed by atoms with Gasteiger partial charge in [-0.05, 0) is 11.6 Å². The molecule has 1 N–H and O–H groups in total. The third kappa shape index (κ3) is 3.74. The van der Waals surface area contributed by atoms with Crippen molar-refractivity contribution in [2.45, 2.75) is 10.9 Å². The van der Waals surface area contributed by atoms with Crippen molar-refractivity contribution in [2.24, 2.45) is 0 Å². The summed E-state index contributed by atoms with van der Waals surface area (Å²) >= 11 is 4.03. The lowest BCUT2D eigenvalue weighted by molar-refractivity contribution is -0.387. The van der Waals surface area contributed by atoms with Crippen LogP contribution >= 0.6 is 12.6 Å². The van der Waals surface area contributed by atoms with Crippen LogP contribution in [0.2, 0.25) is 0 Å². The highest BCUT2D eigenvalue weighted by Gasteiger charge is 2.30. The van der Waals surface area contributed by atoms with Crippen LogP contribution in [0.5, 0.6) is 0 Å². The largest absolute Gasteiger partial charge is 0.468 e. The molecule has 1 unspecified atom stereocenters. The molecular formula is C15H17N3O5S. The highest BCUT2D eigenvalue weighted by molar-refractivity contribution is 7.80. The number of nitro benzene ring substituents is 1. The Morgan fingerprint density at radius 1 is 1.50 bits per heavy atom. The van der Waals surface area contributed by atoms with Crippen LogP contribution in [0.4, 0.5) is 5.69 Å². The van der Waals surface area contributed by atoms with Gasteiger partial charge in [-0.15, -0.1) is 12.6 Å². The minimum atomic E-state index is -0.602. The van der Waals surface area contributed by atoms with Gasteiger partial charge in [-0.3, -0.25) is 19.7 Å². The monoisotopic (exact) mass is 351 g/mol. The highest BCUT2D eigenvalue weighted by Crippen LogP contribution is 2.27. The van der Waals surface area contributed by atoms with Crippen LogP contribution in [0.3, 0.4) is 0 Å². The summed E-state index contributed by atoms with van der Waals surface area (Å²) < 4.78 is 4.67. The third-order valence-corrected chi connectivity index (χ3v) is 4.11. The molecule has 1 aromatic rings. The van der Waals surface area contributed by atoms with Gasteiger partial charge >= 0.3 is 5.97 Å². The van der Waals surface area contributed by atoms with Crippen LogP contribution in [0.1, 0.15) is 5.56 Å². The fourth-order valence-electron chi connectivity index (χ4n) is 2.41. The van der Waals surface area contributed by atoms with Crippen molar-refractivity contribution in [3.05, 3.63) is 40.5 Å². The number of rotatable bonds is 4. The molecule has 1 fully saturated rings. The number of nitrogens with zero attached hydrogens (tertiary/aromatic N) is 2. The van der Waals surface area contributed by atoms with Crippen LogP contribution in [0, 0.1) is 10.1 Å². The zero-order chi connectivity index (χ0) is 17.9. The Bertz CT molecular complexity index is 706. The van der Waals surface area contributed by atoms with Gasteiger partial charge in [0.15, 0.2) is 0 Å². The molecule has 0 spiro atoms. The maximum atomic E-state index is 12.6. The number of benzene rings is 1. The quantitative estimate of drug-likeness (QED) is 0.274. The molecule has 0 radical (unpaired) electrons. The molecule has 1 aliphatic rings. The molecule has 128 valence electrons. The van der Waals surface area contributed by atoms with Gasteiger partial charge in [0.25, 0.3) is 11.6 Å². The summed E-state index contributed by atoms with van der Waals surface area (Å²) in [6.07, 6.45) is 0. The van der Waals surface area contributed by atoms with E-state index in [9.17, 15) is 19.7 Å². The number of amides is 1. The summed E-state index contributed by atoms with van der Waals surface area (Å²) in [5.74, 6) is -0.834. The number of hydrogen-bond acceptors (Lipinski definition) is 7. The van der Waals surface area contributed by atoms with Gasteiger partial charge in [-0.2, -0.15) is 0 Å². The van der Waals surface area contributed by atoms with Gasteiger partial charge in [0.1, 0.15) is 6.04 Å². The summed E-state index contributed by atoms with van der Waals surface area (Å²) in [5, 5.41) is 14.0. The van der Waals surface area contributed by atoms with Crippen molar-refractivity contribution < 1.29 is 19.2 Å². The van der Waals surface area contributed by atoms with Crippen molar-refractivity contribution in [2.75, 3.05) is 26.7 Å². The molecule has 2 rings (SSSR count). The Kier molecular flexibility index (Phi) is 5.58. The summed E-state index contributed by atoms with van der Waals surface area (Å²) in [4.78, 5) is 36.3. The van der Waals surface area contributed by atoms with Crippen molar-refractivity contribution in [3.63, 3.8) is 0 Å². The first-order chi connectivity index (χ1) is 11.3. The Morgan fingerprint density at radius 2 is 2.21 bits per heavy atom. The molecule has 1 atom stereocenters. The van der Waals surface area contributed by atoms with Gasteiger partial charge in [-0.25, -0.2) is 0 Å². The average Bonchev–Trinajstić information content (AvgIpc) is 2.60. The Morgan fingerprint density at radius 3 is 2.83 bits per heavy atom. The van der Waals surface area contributed by atoms with Gasteiger partial charge in [0, 0.05) is 31.3 Å². The molecule has 1 amide bonds. The maximum Gasteiger partial charge on any atom is 0.324 e. The lowest BCUT2D eigenvalue weighted by atomic mass is 10.0. The number of esters is 1. The second-order valence-electron chi connectivity index (χ2n) is 5.22. The molecular weight excluding hydrogens is 334 g/mol. The first kappa shape index (κ1) is 18.0. The van der Waals surface area contributed by atoms with Crippen molar-refractivity contribution in [1.82, 2.24) is 10.2 Å². The van der Waals surface area contributed by atoms with Crippen LogP contribution in [-0.2, 0) is 14.3 Å². The summed E-state index contributed by atoms with van der Waals surface area (Å²) in [7, 11) is 1.28. The molecule has 0 aliphatic carbocycles. The predicted octanol–water partition coefficient (Wildman–Crippen LogP) is 0.870. The summed E-state index contributed by atoms with van der Waals surface area (Å²) in [5.41, 5.74) is 0.270. The highest BCUT2D eigenvalue weighted by atomic mass is 32.1. The third-order valence-electron chi connectivity index (χ3n) is 3.73. The zero-order valence-electron chi connectivity index (χ0n) is 13.0. The number of hydrogen-bond donors (Lipinski definition) is 2. The number of methoxy groups -OCH3 is 1. The molecule has 0 aromatic heterocycles. The van der Waals surface area contributed by atoms with E-state index in [2.05, 4.69) is 29.3 Å². The first-order valence-electron chi connectivity index (χ1n) is 7.12. The van der Waals surface area contributed by atoms with Crippen molar-refractivity contribution >= 4 is 35.8 Å². The normalized spacial score (nSPS) is 17.2. The van der Waals surface area contributed by atoms with E-state index in [4.69, 9.17) is 0 Å². The number of thiol groups is 1. The number of ether oxygens (including phenoxy) is 1. The van der Waals surface area contributed by atoms with Crippen LogP contribution in [-0.4, -0.2) is 54.5 Å². The number of carbonyl (C=O) groups is 2. The summed E-state index contributed by atoms with van der Waals surface area (Å²) in [6, 6.07) is 3.66. The Labute approximate surface area is 144 Å². The van der Waals surface area contributed by atoms with E-state index in [0.29, 0.717) is 18.7 Å². The van der Waals surface area contributed by atoms with E-state index in [0.717, 1.165) is 0 Å². The predicted molar refractivity (Wildman–Crippen MR) is 89.8 cm³/mol. The number of piperazine rings is 1. The number of nitrogens with one attached hydrogen (secondary N) is 1. The number of carbonyl (C=O) groups excluding carboxylic acids is 2. The standard InChI is InChI=1S/C15H17N3O5S/c1-9(10-3-4-13(24)12(7-10)18(21)22)14(19)17-6-5-16-11(8-17)15(20)23-2/h3-4,7,11,16,24H,1,5-6,8H2,2H3. The van der Waals surface area contributed by atoms with E-state index in [1.54, 1.807) is 6.07 Å². The molecule has 0 saturated carbocycles. The topological polar surface area (TPSA) is 102 Å². The van der Waals surface area contributed by atoms with E-state index >= 15 is 0 Å². The van der Waals surface area contributed by atoms with Gasteiger partial charge in [0.2, 0.25) is 0 Å². The van der Waals surface area contributed by atoms with E-state index < -0.39 is 16.9 Å². The molecule has 1 aromatic carbocycles. The van der Waals surface area contributed by atoms with Crippen LogP contribution < -0.4 is 5.32 Å². The molecule has 1 saturated heterocycles. The second kappa shape index (κ2) is 7.45. The van der Waals surface area contributed by atoms with E-state index in [1.165, 1.54) is 24.1 Å². The van der Waals surface area contributed by atoms with Crippen LogP contribution in [0.15, 0.2) is 29.7 Å². The Balaban J connectivity index is 2.17. The second-order valence-corrected chi connectivity index (χ2v) is 5.70. The van der Waals surface area contributed by atoms with Crippen LogP contribution in [0.25, 0.3) is 5.57 Å². The van der Waals surface area contributed by atoms with Gasteiger partial charge in [0.05, 0.1) is 16.9 Å². The smallest absolute Gasteiger partial charge is 0.324 e. The van der Waals surface area contributed by atoms with Crippen molar-refractivity contribution in [1.29, 1.82) is 0 Å². The van der Waals surface area contributed by atoms with E-state index in [1.807, 2.05) is 0 Å². The summed E-state index contributed by atoms with van der Waals surface area (Å²) in [6.45, 7) is 4.73. The lowest BCUT2D eigenvalue weighted by Gasteiger charge is -2.32. The molecule has 1 aliphatic heterocycles. The molecule has 0 bridgehead atoms. The molecule has 1 heterocycles. The minimum Gasteiger partial charge on any atom is -0.468 e. The molecule has 8 nitrogen and oxygen atoms in total. The maximum absolute atomic E-state index is 12.6. The van der Waals surface area contributed by atoms with Gasteiger partial charge < -0.3 is 15.0 Å². The Hall–Kier alpha value is -2.39. The molecule has 9 heteroatoms. The lowest BCUT2D eigenvalue weighted by Crippen LogP contribution is -2.56. The zero-order valence-corrected chi connectivity index (χ0v) is 13.9. The first-order valence-corrected chi connectivity index (χ1v) is 7.57.